The Labute approximate surface area is 307 Å². The van der Waals surface area contributed by atoms with Crippen molar-refractivity contribution in [2.45, 2.75) is 88.4 Å². The molecule has 52 heavy (non-hydrogen) atoms. The van der Waals surface area contributed by atoms with Gasteiger partial charge in [-0.1, -0.05) is 86.7 Å². The summed E-state index contributed by atoms with van der Waals surface area (Å²) in [6.45, 7) is 11.8. The second kappa shape index (κ2) is 17.5. The summed E-state index contributed by atoms with van der Waals surface area (Å²) >= 11 is 0. The van der Waals surface area contributed by atoms with E-state index in [1.807, 2.05) is 74.5 Å². The van der Waals surface area contributed by atoms with Crippen LogP contribution in [0.5, 0.6) is 0 Å². The molecule has 11 heteroatoms. The summed E-state index contributed by atoms with van der Waals surface area (Å²) in [5.74, 6) is -3.52. The van der Waals surface area contributed by atoms with Crippen LogP contribution in [-0.4, -0.2) is 95.3 Å². The number of allylic oxidation sites excluding steroid dienone is 1. The highest BCUT2D eigenvalue weighted by molar-refractivity contribution is 5.98. The molecule has 0 aromatic heterocycles. The van der Waals surface area contributed by atoms with Gasteiger partial charge >= 0.3 is 5.97 Å². The smallest absolute Gasteiger partial charge is 0.313 e. The quantitative estimate of drug-likeness (QED) is 0.162. The van der Waals surface area contributed by atoms with Gasteiger partial charge in [-0.3, -0.25) is 19.2 Å². The number of benzene rings is 2. The maximum atomic E-state index is 14.9. The van der Waals surface area contributed by atoms with Crippen molar-refractivity contribution in [3.8, 4) is 0 Å². The standard InChI is InChI=1S/C41H53N3O8/c1-6-8-19-33(46)42-31(26-50-5)36(29-17-13-10-14-18-29)51-40(49)34-32-20-21-41(52-32)35(34)38(47)44(30(25-45)23-27(3)4)37(41)39(48)43(22-7-2)24-28-15-11-9-12-16-28/h6-7,9-18,27,30-32,34-37,45H,1-2,8,19-26H2,3-5H3,(H,42,46)/t30-,31-,32-,34+,35+,36-,37-,41+/m1/s1. The van der Waals surface area contributed by atoms with Crippen molar-refractivity contribution < 1.29 is 38.5 Å². The van der Waals surface area contributed by atoms with Crippen molar-refractivity contribution in [2.24, 2.45) is 17.8 Å². The highest BCUT2D eigenvalue weighted by Crippen LogP contribution is 2.59. The summed E-state index contributed by atoms with van der Waals surface area (Å²) in [5.41, 5.74) is 0.262. The van der Waals surface area contributed by atoms with Gasteiger partial charge in [-0.15, -0.1) is 13.2 Å². The predicted molar refractivity (Wildman–Crippen MR) is 195 cm³/mol. The van der Waals surface area contributed by atoms with E-state index >= 15 is 0 Å². The van der Waals surface area contributed by atoms with Crippen LogP contribution in [0.25, 0.3) is 0 Å². The monoisotopic (exact) mass is 715 g/mol. The van der Waals surface area contributed by atoms with E-state index in [1.54, 1.807) is 17.1 Å². The summed E-state index contributed by atoms with van der Waals surface area (Å²) in [7, 11) is 1.51. The molecule has 3 amide bonds. The zero-order valence-corrected chi connectivity index (χ0v) is 30.5. The first-order valence-corrected chi connectivity index (χ1v) is 18.3. The number of amides is 3. The molecule has 3 aliphatic heterocycles. The molecule has 0 radical (unpaired) electrons. The van der Waals surface area contributed by atoms with Gasteiger partial charge in [-0.2, -0.15) is 0 Å². The number of nitrogens with zero attached hydrogens (tertiary/aromatic N) is 2. The van der Waals surface area contributed by atoms with Crippen molar-refractivity contribution >= 4 is 23.7 Å². The number of rotatable bonds is 19. The van der Waals surface area contributed by atoms with Gasteiger partial charge in [0.2, 0.25) is 17.7 Å². The van der Waals surface area contributed by atoms with E-state index in [-0.39, 0.29) is 50.5 Å². The minimum absolute atomic E-state index is 0.0574. The number of hydrogen-bond acceptors (Lipinski definition) is 8. The number of likely N-dealkylation sites (tertiary alicyclic amines) is 1. The lowest BCUT2D eigenvalue weighted by molar-refractivity contribution is -0.163. The van der Waals surface area contributed by atoms with Crippen molar-refractivity contribution in [3.63, 3.8) is 0 Å². The number of ether oxygens (including phenoxy) is 3. The Bertz CT molecular complexity index is 1570. The number of nitrogens with one attached hydrogen (secondary N) is 1. The molecule has 3 fully saturated rings. The van der Waals surface area contributed by atoms with E-state index in [0.29, 0.717) is 31.2 Å². The largest absolute Gasteiger partial charge is 0.455 e. The molecule has 0 saturated carbocycles. The van der Waals surface area contributed by atoms with Gasteiger partial charge in [0.25, 0.3) is 0 Å². The Morgan fingerprint density at radius 2 is 1.79 bits per heavy atom. The van der Waals surface area contributed by atoms with Crippen LogP contribution in [0.4, 0.5) is 0 Å². The molecule has 3 aliphatic rings. The lowest BCUT2D eigenvalue weighted by atomic mass is 9.70. The minimum Gasteiger partial charge on any atom is -0.455 e. The van der Waals surface area contributed by atoms with E-state index in [9.17, 15) is 24.3 Å². The topological polar surface area (TPSA) is 135 Å². The Kier molecular flexibility index (Phi) is 13.1. The van der Waals surface area contributed by atoms with Gasteiger partial charge in [-0.05, 0) is 42.7 Å². The molecule has 5 rings (SSSR count). The van der Waals surface area contributed by atoms with Crippen LogP contribution in [0.3, 0.4) is 0 Å². The van der Waals surface area contributed by atoms with Gasteiger partial charge in [0.05, 0.1) is 43.2 Å². The van der Waals surface area contributed by atoms with Gasteiger partial charge in [0.1, 0.15) is 17.7 Å². The predicted octanol–water partition coefficient (Wildman–Crippen LogP) is 4.36. The molecule has 0 aliphatic carbocycles. The molecule has 2 bridgehead atoms. The van der Waals surface area contributed by atoms with Crippen LogP contribution >= 0.6 is 0 Å². The summed E-state index contributed by atoms with van der Waals surface area (Å²) in [6, 6.07) is 16.2. The van der Waals surface area contributed by atoms with E-state index in [2.05, 4.69) is 18.5 Å². The van der Waals surface area contributed by atoms with Crippen molar-refractivity contribution in [1.29, 1.82) is 0 Å². The summed E-state index contributed by atoms with van der Waals surface area (Å²) in [5, 5.41) is 13.7. The molecular formula is C41H53N3O8. The zero-order chi connectivity index (χ0) is 37.4. The average molecular weight is 716 g/mol. The van der Waals surface area contributed by atoms with Crippen LogP contribution < -0.4 is 5.32 Å². The number of fused-ring (bicyclic) bond motifs is 1. The molecule has 2 N–H and O–H groups in total. The van der Waals surface area contributed by atoms with Gasteiger partial charge in [0, 0.05) is 26.6 Å². The molecule has 2 aromatic rings. The fourth-order valence-corrected chi connectivity index (χ4v) is 8.34. The van der Waals surface area contributed by atoms with Crippen molar-refractivity contribution in [1.82, 2.24) is 15.1 Å². The Morgan fingerprint density at radius 1 is 1.10 bits per heavy atom. The number of carbonyl (C=O) groups excluding carboxylic acids is 4. The lowest BCUT2D eigenvalue weighted by Crippen LogP contribution is -2.58. The van der Waals surface area contributed by atoms with Crippen LogP contribution in [0.15, 0.2) is 86.0 Å². The highest BCUT2D eigenvalue weighted by Gasteiger charge is 2.75. The normalized spacial score (nSPS) is 24.9. The van der Waals surface area contributed by atoms with Crippen LogP contribution in [0, 0.1) is 17.8 Å². The van der Waals surface area contributed by atoms with E-state index < -0.39 is 59.6 Å². The average Bonchev–Trinajstić information content (AvgIpc) is 3.79. The molecular weight excluding hydrogens is 662 g/mol. The van der Waals surface area contributed by atoms with Gasteiger partial charge in [0.15, 0.2) is 0 Å². The molecule has 1 spiro atoms. The number of aliphatic hydroxyl groups excluding tert-OH is 1. The maximum Gasteiger partial charge on any atom is 0.313 e. The summed E-state index contributed by atoms with van der Waals surface area (Å²) in [6.07, 6.45) is 3.69. The van der Waals surface area contributed by atoms with Crippen molar-refractivity contribution in [2.75, 3.05) is 26.9 Å². The zero-order valence-electron chi connectivity index (χ0n) is 30.5. The molecule has 11 nitrogen and oxygen atoms in total. The van der Waals surface area contributed by atoms with E-state index in [0.717, 1.165) is 5.56 Å². The Balaban J connectivity index is 1.51. The molecule has 3 saturated heterocycles. The minimum atomic E-state index is -1.30. The van der Waals surface area contributed by atoms with Crippen LogP contribution in [0.2, 0.25) is 0 Å². The fraction of sp³-hybridized carbons (Fsp3) is 0.512. The van der Waals surface area contributed by atoms with Crippen molar-refractivity contribution in [3.05, 3.63) is 97.1 Å². The number of hydrogen-bond donors (Lipinski definition) is 2. The first-order valence-electron chi connectivity index (χ1n) is 18.3. The Morgan fingerprint density at radius 3 is 2.40 bits per heavy atom. The van der Waals surface area contributed by atoms with Gasteiger partial charge in [-0.25, -0.2) is 0 Å². The number of carbonyl (C=O) groups is 4. The summed E-state index contributed by atoms with van der Waals surface area (Å²) in [4.78, 5) is 60.3. The number of aliphatic hydroxyl groups is 1. The molecule has 3 heterocycles. The first kappa shape index (κ1) is 38.9. The third-order valence-corrected chi connectivity index (χ3v) is 10.5. The van der Waals surface area contributed by atoms with Crippen LogP contribution in [0.1, 0.15) is 63.2 Å². The SMILES string of the molecule is C=CCCC(=O)N[C@H](COC)[C@H](OC(=O)[C@@H]1[C@H]2C(=O)N([C@@H](CO)CC(C)C)[C@H](C(=O)N(CC=C)Cc3ccccc3)[C@]23CC[C@H]1O3)c1ccccc1. The molecule has 280 valence electrons. The maximum absolute atomic E-state index is 14.9. The summed E-state index contributed by atoms with van der Waals surface area (Å²) < 4.78 is 18.5. The van der Waals surface area contributed by atoms with Crippen LogP contribution in [-0.2, 0) is 39.9 Å². The van der Waals surface area contributed by atoms with E-state index in [1.165, 1.54) is 12.0 Å². The fourth-order valence-electron chi connectivity index (χ4n) is 8.34. The third-order valence-electron chi connectivity index (χ3n) is 10.5. The molecule has 2 aromatic carbocycles. The first-order chi connectivity index (χ1) is 25.1. The lowest BCUT2D eigenvalue weighted by Gasteiger charge is -2.39. The second-order valence-corrected chi connectivity index (χ2v) is 14.5. The van der Waals surface area contributed by atoms with E-state index in [4.69, 9.17) is 14.2 Å². The molecule has 8 atom stereocenters. The third kappa shape index (κ3) is 8.01. The van der Waals surface area contributed by atoms with Gasteiger partial charge < -0.3 is 34.4 Å². The number of esters is 1. The molecule has 0 unspecified atom stereocenters. The number of methoxy groups -OCH3 is 1. The second-order valence-electron chi connectivity index (χ2n) is 14.5. The highest BCUT2D eigenvalue weighted by atomic mass is 16.6. The Hall–Kier alpha value is -4.32.